The zero-order valence-electron chi connectivity index (χ0n) is 14.7. The lowest BCUT2D eigenvalue weighted by molar-refractivity contribution is -0.125. The largest absolute Gasteiger partial charge is 0.369 e. The fourth-order valence-electron chi connectivity index (χ4n) is 3.80. The van der Waals surface area contributed by atoms with Crippen molar-refractivity contribution in [3.05, 3.63) is 29.6 Å². The number of halogens is 1. The molecule has 1 N–H and O–H groups in total. The maximum atomic E-state index is 13.8. The van der Waals surface area contributed by atoms with Gasteiger partial charge >= 0.3 is 0 Å². The van der Waals surface area contributed by atoms with E-state index in [9.17, 15) is 9.18 Å². The van der Waals surface area contributed by atoms with Crippen LogP contribution in [0.3, 0.4) is 0 Å². The van der Waals surface area contributed by atoms with E-state index in [0.717, 1.165) is 63.1 Å². The molecule has 1 aliphatic heterocycles. The number of nitrogens with one attached hydrogen (secondary N) is 1. The molecule has 132 valence electrons. The molecule has 2 aliphatic rings. The summed E-state index contributed by atoms with van der Waals surface area (Å²) in [6, 6.07) is 4.77. The number of carbonyl (C=O) groups is 1. The van der Waals surface area contributed by atoms with Gasteiger partial charge in [-0.1, -0.05) is 12.8 Å². The van der Waals surface area contributed by atoms with E-state index in [1.165, 1.54) is 6.07 Å². The highest BCUT2D eigenvalue weighted by Gasteiger charge is 2.26. The highest BCUT2D eigenvalue weighted by atomic mass is 19.1. The van der Waals surface area contributed by atoms with Crippen LogP contribution in [0.15, 0.2) is 18.2 Å². The molecule has 1 saturated heterocycles. The van der Waals surface area contributed by atoms with Gasteiger partial charge in [-0.25, -0.2) is 4.39 Å². The van der Waals surface area contributed by atoms with Gasteiger partial charge in [0.2, 0.25) is 5.91 Å². The molecule has 1 atom stereocenters. The lowest BCUT2D eigenvalue weighted by Crippen LogP contribution is -2.45. The summed E-state index contributed by atoms with van der Waals surface area (Å²) in [6.07, 6.45) is 4.23. The van der Waals surface area contributed by atoms with Crippen LogP contribution in [0.25, 0.3) is 0 Å². The van der Waals surface area contributed by atoms with E-state index in [1.54, 1.807) is 6.07 Å². The molecule has 4 nitrogen and oxygen atoms in total. The van der Waals surface area contributed by atoms with Gasteiger partial charge in [0, 0.05) is 43.3 Å². The lowest BCUT2D eigenvalue weighted by Gasteiger charge is -2.36. The van der Waals surface area contributed by atoms with Crippen molar-refractivity contribution in [2.45, 2.75) is 38.6 Å². The Morgan fingerprint density at radius 2 is 1.88 bits per heavy atom. The van der Waals surface area contributed by atoms with Gasteiger partial charge < -0.3 is 15.1 Å². The predicted octanol–water partition coefficient (Wildman–Crippen LogP) is 2.94. The van der Waals surface area contributed by atoms with Gasteiger partial charge in [0.25, 0.3) is 0 Å². The molecular weight excluding hydrogens is 305 g/mol. The van der Waals surface area contributed by atoms with E-state index in [1.807, 2.05) is 13.0 Å². The first-order valence-corrected chi connectivity index (χ1v) is 9.08. The Kier molecular flexibility index (Phi) is 5.39. The lowest BCUT2D eigenvalue weighted by atomic mass is 10.0. The fraction of sp³-hybridized carbons (Fsp3) is 0.632. The molecule has 3 rings (SSSR count). The van der Waals surface area contributed by atoms with E-state index >= 15 is 0 Å². The molecule has 1 aliphatic carbocycles. The van der Waals surface area contributed by atoms with Crippen LogP contribution < -0.4 is 10.2 Å². The number of amides is 1. The standard InChI is InChI=1S/C19H28FN3O/c1-14(21-19(24)15-5-3-4-6-15)17-13-16(20)7-8-18(17)23-11-9-22(2)10-12-23/h7-8,13-15H,3-6,9-12H2,1-2H3,(H,21,24)/t14-/m0/s1. The van der Waals surface area contributed by atoms with Gasteiger partial charge in [-0.15, -0.1) is 0 Å². The van der Waals surface area contributed by atoms with Crippen LogP contribution in [0, 0.1) is 11.7 Å². The van der Waals surface area contributed by atoms with Crippen LogP contribution in [-0.4, -0.2) is 44.0 Å². The molecule has 0 unspecified atom stereocenters. The summed E-state index contributed by atoms with van der Waals surface area (Å²) in [4.78, 5) is 17.0. The summed E-state index contributed by atoms with van der Waals surface area (Å²) in [5.74, 6) is 0.00604. The van der Waals surface area contributed by atoms with Crippen molar-refractivity contribution in [3.63, 3.8) is 0 Å². The first-order valence-electron chi connectivity index (χ1n) is 9.08. The molecule has 1 amide bonds. The minimum Gasteiger partial charge on any atom is -0.369 e. The highest BCUT2D eigenvalue weighted by molar-refractivity contribution is 5.79. The number of nitrogens with zero attached hydrogens (tertiary/aromatic N) is 2. The molecule has 1 heterocycles. The van der Waals surface area contributed by atoms with Crippen molar-refractivity contribution >= 4 is 11.6 Å². The molecule has 0 spiro atoms. The average molecular weight is 333 g/mol. The summed E-state index contributed by atoms with van der Waals surface area (Å²) in [5.41, 5.74) is 1.93. The maximum Gasteiger partial charge on any atom is 0.223 e. The SMILES string of the molecule is C[C@H](NC(=O)C1CCCC1)c1cc(F)ccc1N1CCN(C)CC1. The van der Waals surface area contributed by atoms with E-state index in [4.69, 9.17) is 0 Å². The number of carbonyl (C=O) groups excluding carboxylic acids is 1. The minimum absolute atomic E-state index is 0.119. The summed E-state index contributed by atoms with van der Waals surface area (Å²) >= 11 is 0. The number of rotatable bonds is 4. The van der Waals surface area contributed by atoms with Crippen molar-refractivity contribution in [3.8, 4) is 0 Å². The molecule has 24 heavy (non-hydrogen) atoms. The molecule has 0 bridgehead atoms. The zero-order chi connectivity index (χ0) is 17.1. The summed E-state index contributed by atoms with van der Waals surface area (Å²) in [6.45, 7) is 5.82. The molecular formula is C19H28FN3O. The van der Waals surface area contributed by atoms with Crippen molar-refractivity contribution in [1.82, 2.24) is 10.2 Å². The van der Waals surface area contributed by atoms with Crippen LogP contribution in [-0.2, 0) is 4.79 Å². The average Bonchev–Trinajstić information content (AvgIpc) is 3.10. The van der Waals surface area contributed by atoms with Gasteiger partial charge in [0.05, 0.1) is 6.04 Å². The summed E-state index contributed by atoms with van der Waals surface area (Å²) in [7, 11) is 2.12. The molecule has 1 aromatic rings. The van der Waals surface area contributed by atoms with Gasteiger partial charge in [-0.3, -0.25) is 4.79 Å². The summed E-state index contributed by atoms with van der Waals surface area (Å²) < 4.78 is 13.8. The number of piperazine rings is 1. The number of anilines is 1. The van der Waals surface area contributed by atoms with Gasteiger partial charge in [-0.2, -0.15) is 0 Å². The van der Waals surface area contributed by atoms with Gasteiger partial charge in [0.1, 0.15) is 5.82 Å². The van der Waals surface area contributed by atoms with Crippen LogP contribution in [0.1, 0.15) is 44.2 Å². The monoisotopic (exact) mass is 333 g/mol. The second kappa shape index (κ2) is 7.51. The second-order valence-electron chi connectivity index (χ2n) is 7.21. The van der Waals surface area contributed by atoms with Gasteiger partial charge in [0.15, 0.2) is 0 Å². The van der Waals surface area contributed by atoms with Crippen LogP contribution in [0.4, 0.5) is 10.1 Å². The molecule has 1 aromatic carbocycles. The fourth-order valence-corrected chi connectivity index (χ4v) is 3.80. The molecule has 5 heteroatoms. The van der Waals surface area contributed by atoms with Crippen LogP contribution >= 0.6 is 0 Å². The topological polar surface area (TPSA) is 35.6 Å². The third-order valence-corrected chi connectivity index (χ3v) is 5.38. The number of hydrogen-bond donors (Lipinski definition) is 1. The molecule has 2 fully saturated rings. The second-order valence-corrected chi connectivity index (χ2v) is 7.21. The Morgan fingerprint density at radius 3 is 2.54 bits per heavy atom. The van der Waals surface area contributed by atoms with Gasteiger partial charge in [-0.05, 0) is 45.0 Å². The molecule has 0 radical (unpaired) electrons. The minimum atomic E-state index is -0.246. The molecule has 0 aromatic heterocycles. The Bertz CT molecular complexity index is 578. The van der Waals surface area contributed by atoms with E-state index in [-0.39, 0.29) is 23.7 Å². The van der Waals surface area contributed by atoms with Crippen molar-refractivity contribution < 1.29 is 9.18 Å². The Labute approximate surface area is 144 Å². The first-order chi connectivity index (χ1) is 11.5. The third-order valence-electron chi connectivity index (χ3n) is 5.38. The normalized spacial score (nSPS) is 21.0. The quantitative estimate of drug-likeness (QED) is 0.920. The maximum absolute atomic E-state index is 13.8. The number of likely N-dealkylation sites (N-methyl/N-ethyl adjacent to an activating group) is 1. The van der Waals surface area contributed by atoms with Crippen molar-refractivity contribution in [2.24, 2.45) is 5.92 Å². The van der Waals surface area contributed by atoms with Crippen molar-refractivity contribution in [1.29, 1.82) is 0 Å². The van der Waals surface area contributed by atoms with E-state index in [2.05, 4.69) is 22.2 Å². The first kappa shape index (κ1) is 17.2. The van der Waals surface area contributed by atoms with Crippen molar-refractivity contribution in [2.75, 3.05) is 38.1 Å². The van der Waals surface area contributed by atoms with Crippen LogP contribution in [0.2, 0.25) is 0 Å². The third kappa shape index (κ3) is 3.89. The van der Waals surface area contributed by atoms with E-state index in [0.29, 0.717) is 0 Å². The Hall–Kier alpha value is -1.62. The number of hydrogen-bond acceptors (Lipinski definition) is 3. The Balaban J connectivity index is 1.75. The summed E-state index contributed by atoms with van der Waals surface area (Å²) in [5, 5.41) is 3.11. The molecule has 1 saturated carbocycles. The highest BCUT2D eigenvalue weighted by Crippen LogP contribution is 2.30. The predicted molar refractivity (Wildman–Crippen MR) is 94.6 cm³/mol. The zero-order valence-corrected chi connectivity index (χ0v) is 14.7. The Morgan fingerprint density at radius 1 is 1.21 bits per heavy atom. The smallest absolute Gasteiger partial charge is 0.223 e. The van der Waals surface area contributed by atoms with Crippen LogP contribution in [0.5, 0.6) is 0 Å². The van der Waals surface area contributed by atoms with E-state index < -0.39 is 0 Å². The number of benzene rings is 1.